The van der Waals surface area contributed by atoms with Crippen LogP contribution in [0.2, 0.25) is 0 Å². The second-order valence-electron chi connectivity index (χ2n) is 6.09. The average Bonchev–Trinajstić information content (AvgIpc) is 2.70. The first-order valence-corrected chi connectivity index (χ1v) is 9.23. The largest absolute Gasteiger partial charge is 0.368 e. The van der Waals surface area contributed by atoms with E-state index < -0.39 is 0 Å². The molecule has 4 nitrogen and oxygen atoms in total. The molecule has 1 fully saturated rings. The summed E-state index contributed by atoms with van der Waals surface area (Å²) in [5, 5.41) is 8.86. The first-order chi connectivity index (χ1) is 12.3. The van der Waals surface area contributed by atoms with E-state index in [9.17, 15) is 0 Å². The molecular weight excluding hydrogens is 376 g/mol. The summed E-state index contributed by atoms with van der Waals surface area (Å²) < 4.78 is 1.07. The number of hydrogen-bond donors (Lipinski definition) is 0. The molecule has 2 heterocycles. The Kier molecular flexibility index (Phi) is 4.65. The lowest BCUT2D eigenvalue weighted by atomic mass is 10.1. The van der Waals surface area contributed by atoms with Gasteiger partial charge in [-0.2, -0.15) is 0 Å². The third-order valence-electron chi connectivity index (χ3n) is 4.52. The topological polar surface area (TPSA) is 32.3 Å². The quantitative estimate of drug-likeness (QED) is 0.665. The summed E-state index contributed by atoms with van der Waals surface area (Å²) in [6, 6.07) is 22.8. The summed E-state index contributed by atoms with van der Waals surface area (Å²) >= 11 is 3.46. The second kappa shape index (κ2) is 7.23. The van der Waals surface area contributed by atoms with E-state index >= 15 is 0 Å². The third-order valence-corrected chi connectivity index (χ3v) is 5.04. The van der Waals surface area contributed by atoms with Gasteiger partial charge in [-0.1, -0.05) is 46.3 Å². The van der Waals surface area contributed by atoms with Crippen LogP contribution in [-0.4, -0.2) is 36.4 Å². The molecule has 0 bridgehead atoms. The van der Waals surface area contributed by atoms with Crippen molar-refractivity contribution in [1.82, 2.24) is 10.2 Å². The van der Waals surface area contributed by atoms with Gasteiger partial charge in [0, 0.05) is 41.9 Å². The Morgan fingerprint density at radius 2 is 1.36 bits per heavy atom. The maximum absolute atomic E-state index is 4.44. The smallest absolute Gasteiger partial charge is 0.151 e. The molecule has 0 saturated carbocycles. The molecule has 1 aromatic heterocycles. The van der Waals surface area contributed by atoms with Crippen LogP contribution in [0.4, 0.5) is 11.5 Å². The highest BCUT2D eigenvalue weighted by atomic mass is 79.9. The van der Waals surface area contributed by atoms with Crippen molar-refractivity contribution in [3.8, 4) is 11.3 Å². The molecule has 5 heteroatoms. The van der Waals surface area contributed by atoms with Crippen LogP contribution in [0.5, 0.6) is 0 Å². The van der Waals surface area contributed by atoms with Crippen LogP contribution in [0.1, 0.15) is 0 Å². The molecule has 0 radical (unpaired) electrons. The number of anilines is 2. The van der Waals surface area contributed by atoms with Crippen LogP contribution < -0.4 is 9.80 Å². The Bertz CT molecular complexity index is 811. The van der Waals surface area contributed by atoms with E-state index in [0.29, 0.717) is 0 Å². The van der Waals surface area contributed by atoms with E-state index in [1.807, 2.05) is 24.3 Å². The molecule has 3 aromatic rings. The minimum absolute atomic E-state index is 0.902. The Hall–Kier alpha value is -2.40. The molecule has 0 unspecified atom stereocenters. The summed E-state index contributed by atoms with van der Waals surface area (Å²) in [4.78, 5) is 4.72. The maximum Gasteiger partial charge on any atom is 0.151 e. The molecule has 25 heavy (non-hydrogen) atoms. The molecule has 0 aliphatic carbocycles. The lowest BCUT2D eigenvalue weighted by molar-refractivity contribution is 0.644. The minimum Gasteiger partial charge on any atom is -0.368 e. The van der Waals surface area contributed by atoms with Crippen LogP contribution in [0.3, 0.4) is 0 Å². The van der Waals surface area contributed by atoms with Crippen molar-refractivity contribution < 1.29 is 0 Å². The zero-order valence-electron chi connectivity index (χ0n) is 13.8. The zero-order valence-corrected chi connectivity index (χ0v) is 15.4. The number of halogens is 1. The summed E-state index contributed by atoms with van der Waals surface area (Å²) in [6.45, 7) is 3.92. The second-order valence-corrected chi connectivity index (χ2v) is 7.01. The van der Waals surface area contributed by atoms with E-state index in [0.717, 1.165) is 47.7 Å². The Balaban J connectivity index is 1.42. The molecule has 1 saturated heterocycles. The van der Waals surface area contributed by atoms with E-state index in [4.69, 9.17) is 0 Å². The van der Waals surface area contributed by atoms with Crippen molar-refractivity contribution in [2.45, 2.75) is 0 Å². The number of hydrogen-bond acceptors (Lipinski definition) is 4. The number of rotatable bonds is 3. The summed E-state index contributed by atoms with van der Waals surface area (Å²) in [7, 11) is 0. The molecule has 4 rings (SSSR count). The minimum atomic E-state index is 0.902. The highest BCUT2D eigenvalue weighted by Gasteiger charge is 2.18. The highest BCUT2D eigenvalue weighted by molar-refractivity contribution is 9.10. The predicted molar refractivity (Wildman–Crippen MR) is 106 cm³/mol. The number of aromatic nitrogens is 2. The number of nitrogens with zero attached hydrogens (tertiary/aromatic N) is 4. The average molecular weight is 395 g/mol. The molecule has 0 atom stereocenters. The van der Waals surface area contributed by atoms with Crippen LogP contribution in [0.15, 0.2) is 71.2 Å². The van der Waals surface area contributed by atoms with Gasteiger partial charge in [0.2, 0.25) is 0 Å². The monoisotopic (exact) mass is 394 g/mol. The molecule has 2 aromatic carbocycles. The molecule has 0 amide bonds. The fourth-order valence-corrected chi connectivity index (χ4v) is 3.37. The lowest BCUT2D eigenvalue weighted by Crippen LogP contribution is -2.46. The van der Waals surface area contributed by atoms with E-state index in [1.165, 1.54) is 5.69 Å². The van der Waals surface area contributed by atoms with Crippen LogP contribution in [0.25, 0.3) is 11.3 Å². The van der Waals surface area contributed by atoms with Crippen molar-refractivity contribution in [3.63, 3.8) is 0 Å². The molecule has 126 valence electrons. The van der Waals surface area contributed by atoms with Crippen LogP contribution in [-0.2, 0) is 0 Å². The van der Waals surface area contributed by atoms with Crippen molar-refractivity contribution in [2.75, 3.05) is 36.0 Å². The number of para-hydroxylation sites is 1. The van der Waals surface area contributed by atoms with Crippen LogP contribution in [0, 0.1) is 0 Å². The Morgan fingerprint density at radius 3 is 2.00 bits per heavy atom. The van der Waals surface area contributed by atoms with E-state index in [2.05, 4.69) is 78.4 Å². The van der Waals surface area contributed by atoms with Gasteiger partial charge >= 0.3 is 0 Å². The lowest BCUT2D eigenvalue weighted by Gasteiger charge is -2.36. The van der Waals surface area contributed by atoms with E-state index in [1.54, 1.807) is 0 Å². The van der Waals surface area contributed by atoms with Gasteiger partial charge in [-0.3, -0.25) is 0 Å². The van der Waals surface area contributed by atoms with Gasteiger partial charge in [-0.15, -0.1) is 10.2 Å². The van der Waals surface area contributed by atoms with Gasteiger partial charge in [-0.05, 0) is 36.4 Å². The Labute approximate surface area is 156 Å². The number of piperazine rings is 1. The van der Waals surface area contributed by atoms with Crippen molar-refractivity contribution >= 4 is 27.4 Å². The summed E-state index contributed by atoms with van der Waals surface area (Å²) in [5.41, 5.74) is 3.27. The van der Waals surface area contributed by atoms with Crippen LogP contribution >= 0.6 is 15.9 Å². The van der Waals surface area contributed by atoms with Crippen molar-refractivity contribution in [2.24, 2.45) is 0 Å². The molecule has 1 aliphatic heterocycles. The molecular formula is C20H19BrN4. The van der Waals surface area contributed by atoms with Gasteiger partial charge < -0.3 is 9.80 Å². The summed E-state index contributed by atoms with van der Waals surface area (Å²) in [5.74, 6) is 0.952. The van der Waals surface area contributed by atoms with Gasteiger partial charge in [0.05, 0.1) is 5.69 Å². The zero-order chi connectivity index (χ0) is 17.1. The van der Waals surface area contributed by atoms with Crippen molar-refractivity contribution in [3.05, 3.63) is 71.2 Å². The molecule has 0 N–H and O–H groups in total. The van der Waals surface area contributed by atoms with Gasteiger partial charge in [0.25, 0.3) is 0 Å². The molecule has 1 aliphatic rings. The highest BCUT2D eigenvalue weighted by Crippen LogP contribution is 2.22. The van der Waals surface area contributed by atoms with Gasteiger partial charge in [-0.25, -0.2) is 0 Å². The summed E-state index contributed by atoms with van der Waals surface area (Å²) in [6.07, 6.45) is 0. The van der Waals surface area contributed by atoms with Crippen molar-refractivity contribution in [1.29, 1.82) is 0 Å². The van der Waals surface area contributed by atoms with Gasteiger partial charge in [0.15, 0.2) is 5.82 Å². The first-order valence-electron chi connectivity index (χ1n) is 8.44. The third kappa shape index (κ3) is 3.66. The maximum atomic E-state index is 4.44. The van der Waals surface area contributed by atoms with E-state index in [-0.39, 0.29) is 0 Å². The number of benzene rings is 2. The SMILES string of the molecule is Brc1ccc(-c2ccc(N3CCN(c4ccccc4)CC3)nn2)cc1. The fourth-order valence-electron chi connectivity index (χ4n) is 3.10. The fraction of sp³-hybridized carbons (Fsp3) is 0.200. The standard InChI is InChI=1S/C20H19BrN4/c21-17-8-6-16(7-9-17)19-10-11-20(23-22-19)25-14-12-24(13-15-25)18-4-2-1-3-5-18/h1-11H,12-15H2. The predicted octanol–water partition coefficient (Wildman–Crippen LogP) is 4.23. The first kappa shape index (κ1) is 16.1. The molecule has 0 spiro atoms. The Morgan fingerprint density at radius 1 is 0.680 bits per heavy atom. The normalized spacial score (nSPS) is 14.6. The van der Waals surface area contributed by atoms with Gasteiger partial charge in [0.1, 0.15) is 0 Å².